The summed E-state index contributed by atoms with van der Waals surface area (Å²) in [6.07, 6.45) is 6.02. The lowest BCUT2D eigenvalue weighted by Gasteiger charge is -2.23. The van der Waals surface area contributed by atoms with Crippen LogP contribution in [0.5, 0.6) is 0 Å². The molecule has 2 aromatic rings. The maximum atomic E-state index is 12.8. The molecule has 1 fully saturated rings. The molecule has 0 radical (unpaired) electrons. The summed E-state index contributed by atoms with van der Waals surface area (Å²) in [5.41, 5.74) is 1.34. The highest BCUT2D eigenvalue weighted by Gasteiger charge is 2.35. The van der Waals surface area contributed by atoms with E-state index in [1.54, 1.807) is 12.1 Å². The Morgan fingerprint density at radius 1 is 1.25 bits per heavy atom. The summed E-state index contributed by atoms with van der Waals surface area (Å²) < 4.78 is 0. The van der Waals surface area contributed by atoms with Crippen LogP contribution in [-0.4, -0.2) is 40.0 Å². The monoisotopic (exact) mass is 385 g/mol. The molecule has 0 bridgehead atoms. The standard InChI is InChI=1S/C21H27N3O4/c1-2-3-6-17(20(26)23-16-7-4-5-15(16)21(27)28)24-19(25)14-9-8-13-10-11-22-18(13)12-14/h8-12,15-17,22H,2-7H2,1H3,(H,23,26)(H,24,25)(H,27,28)/t15-,16+,17+/m1/s1. The van der Waals surface area contributed by atoms with Gasteiger partial charge in [0.25, 0.3) is 5.91 Å². The van der Waals surface area contributed by atoms with Gasteiger partial charge in [0.05, 0.1) is 5.92 Å². The molecule has 1 saturated carbocycles. The van der Waals surface area contributed by atoms with Gasteiger partial charge in [0.2, 0.25) is 5.91 Å². The summed E-state index contributed by atoms with van der Waals surface area (Å²) in [4.78, 5) is 39.9. The number of H-pyrrole nitrogens is 1. The second-order valence-electron chi connectivity index (χ2n) is 7.44. The number of unbranched alkanes of at least 4 members (excludes halogenated alkanes) is 1. The predicted molar refractivity (Wildman–Crippen MR) is 106 cm³/mol. The second kappa shape index (κ2) is 8.91. The molecule has 1 aliphatic rings. The zero-order chi connectivity index (χ0) is 20.1. The molecule has 0 aliphatic heterocycles. The van der Waals surface area contributed by atoms with Crippen LogP contribution in [0.4, 0.5) is 0 Å². The Balaban J connectivity index is 1.69. The van der Waals surface area contributed by atoms with Gasteiger partial charge in [-0.15, -0.1) is 0 Å². The molecule has 1 aromatic heterocycles. The van der Waals surface area contributed by atoms with Crippen molar-refractivity contribution in [2.75, 3.05) is 0 Å². The van der Waals surface area contributed by atoms with Crippen molar-refractivity contribution in [3.63, 3.8) is 0 Å². The molecule has 0 unspecified atom stereocenters. The van der Waals surface area contributed by atoms with Crippen molar-refractivity contribution in [2.24, 2.45) is 5.92 Å². The summed E-state index contributed by atoms with van der Waals surface area (Å²) in [5.74, 6) is -2.05. The number of nitrogens with one attached hydrogen (secondary N) is 3. The maximum Gasteiger partial charge on any atom is 0.308 e. The molecule has 150 valence electrons. The normalized spacial score (nSPS) is 20.0. The van der Waals surface area contributed by atoms with E-state index >= 15 is 0 Å². The van der Waals surface area contributed by atoms with Crippen LogP contribution in [0.3, 0.4) is 0 Å². The summed E-state index contributed by atoms with van der Waals surface area (Å²) in [7, 11) is 0. The fourth-order valence-corrected chi connectivity index (χ4v) is 3.82. The van der Waals surface area contributed by atoms with Crippen LogP contribution in [-0.2, 0) is 9.59 Å². The lowest BCUT2D eigenvalue weighted by atomic mass is 10.0. The number of fused-ring (bicyclic) bond motifs is 1. The lowest BCUT2D eigenvalue weighted by Crippen LogP contribution is -2.51. The van der Waals surface area contributed by atoms with Crippen molar-refractivity contribution in [2.45, 2.75) is 57.5 Å². The summed E-state index contributed by atoms with van der Waals surface area (Å²) >= 11 is 0. The van der Waals surface area contributed by atoms with E-state index in [2.05, 4.69) is 15.6 Å². The molecule has 3 atom stereocenters. The van der Waals surface area contributed by atoms with E-state index in [4.69, 9.17) is 0 Å². The Kier molecular flexibility index (Phi) is 6.34. The van der Waals surface area contributed by atoms with Crippen LogP contribution in [0.1, 0.15) is 55.8 Å². The van der Waals surface area contributed by atoms with Gasteiger partial charge in [-0.1, -0.05) is 32.3 Å². The smallest absolute Gasteiger partial charge is 0.308 e. The Morgan fingerprint density at radius 2 is 2.07 bits per heavy atom. The number of aliphatic carboxylic acids is 1. The van der Waals surface area contributed by atoms with E-state index in [-0.39, 0.29) is 17.9 Å². The Morgan fingerprint density at radius 3 is 2.82 bits per heavy atom. The van der Waals surface area contributed by atoms with Crippen molar-refractivity contribution in [1.82, 2.24) is 15.6 Å². The second-order valence-corrected chi connectivity index (χ2v) is 7.44. The van der Waals surface area contributed by atoms with Gasteiger partial charge < -0.3 is 20.7 Å². The van der Waals surface area contributed by atoms with Crippen LogP contribution in [0, 0.1) is 5.92 Å². The van der Waals surface area contributed by atoms with Crippen LogP contribution in [0.15, 0.2) is 30.5 Å². The zero-order valence-electron chi connectivity index (χ0n) is 16.0. The van der Waals surface area contributed by atoms with Gasteiger partial charge in [0.1, 0.15) is 6.04 Å². The average Bonchev–Trinajstić information content (AvgIpc) is 3.33. The first-order valence-corrected chi connectivity index (χ1v) is 9.90. The molecule has 1 heterocycles. The fourth-order valence-electron chi connectivity index (χ4n) is 3.82. The minimum absolute atomic E-state index is 0.305. The summed E-state index contributed by atoms with van der Waals surface area (Å²) in [6.45, 7) is 2.02. The summed E-state index contributed by atoms with van der Waals surface area (Å²) in [6, 6.07) is 6.23. The number of rotatable bonds is 8. The Labute approximate surface area is 163 Å². The quantitative estimate of drug-likeness (QED) is 0.560. The molecule has 2 amide bonds. The van der Waals surface area contributed by atoms with Crippen LogP contribution in [0.2, 0.25) is 0 Å². The van der Waals surface area contributed by atoms with Crippen molar-refractivity contribution in [3.05, 3.63) is 36.0 Å². The molecule has 4 N–H and O–H groups in total. The lowest BCUT2D eigenvalue weighted by molar-refractivity contribution is -0.142. The number of carbonyl (C=O) groups excluding carboxylic acids is 2. The van der Waals surface area contributed by atoms with E-state index in [9.17, 15) is 19.5 Å². The highest BCUT2D eigenvalue weighted by Crippen LogP contribution is 2.26. The molecular weight excluding hydrogens is 358 g/mol. The van der Waals surface area contributed by atoms with E-state index in [0.29, 0.717) is 24.8 Å². The maximum absolute atomic E-state index is 12.8. The van der Waals surface area contributed by atoms with Crippen molar-refractivity contribution in [3.8, 4) is 0 Å². The first-order chi connectivity index (χ1) is 13.5. The van der Waals surface area contributed by atoms with Crippen molar-refractivity contribution >= 4 is 28.7 Å². The molecule has 1 aromatic carbocycles. The van der Waals surface area contributed by atoms with Crippen molar-refractivity contribution in [1.29, 1.82) is 0 Å². The molecule has 3 rings (SSSR count). The van der Waals surface area contributed by atoms with Crippen molar-refractivity contribution < 1.29 is 19.5 Å². The topological polar surface area (TPSA) is 111 Å². The zero-order valence-corrected chi connectivity index (χ0v) is 16.0. The summed E-state index contributed by atoms with van der Waals surface area (Å²) in [5, 5.41) is 16.0. The average molecular weight is 385 g/mol. The van der Waals surface area contributed by atoms with E-state index < -0.39 is 17.9 Å². The number of aromatic nitrogens is 1. The van der Waals surface area contributed by atoms with E-state index in [1.807, 2.05) is 25.3 Å². The number of carboxylic acid groups (broad SMARTS) is 1. The molecule has 0 saturated heterocycles. The third-order valence-electron chi connectivity index (χ3n) is 5.45. The van der Waals surface area contributed by atoms with E-state index in [0.717, 1.165) is 30.2 Å². The highest BCUT2D eigenvalue weighted by molar-refractivity contribution is 6.00. The molecule has 1 aliphatic carbocycles. The third-order valence-corrected chi connectivity index (χ3v) is 5.45. The van der Waals surface area contributed by atoms with Gasteiger partial charge in [0.15, 0.2) is 0 Å². The van der Waals surface area contributed by atoms with Gasteiger partial charge in [-0.3, -0.25) is 14.4 Å². The number of amides is 2. The number of hydrogen-bond donors (Lipinski definition) is 4. The number of benzene rings is 1. The molecular formula is C21H27N3O4. The predicted octanol–water partition coefficient (Wildman–Crippen LogP) is 2.83. The fraction of sp³-hybridized carbons (Fsp3) is 0.476. The molecule has 7 nitrogen and oxygen atoms in total. The number of carboxylic acids is 1. The minimum Gasteiger partial charge on any atom is -0.481 e. The number of carbonyl (C=O) groups is 3. The highest BCUT2D eigenvalue weighted by atomic mass is 16.4. The largest absolute Gasteiger partial charge is 0.481 e. The van der Waals surface area contributed by atoms with Crippen LogP contribution < -0.4 is 10.6 Å². The molecule has 0 spiro atoms. The number of aromatic amines is 1. The van der Waals surface area contributed by atoms with Gasteiger partial charge in [0, 0.05) is 23.3 Å². The van der Waals surface area contributed by atoms with Gasteiger partial charge in [-0.2, -0.15) is 0 Å². The number of hydrogen-bond acceptors (Lipinski definition) is 3. The minimum atomic E-state index is -0.879. The third kappa shape index (κ3) is 4.52. The first kappa shape index (κ1) is 19.9. The molecule has 28 heavy (non-hydrogen) atoms. The Hall–Kier alpha value is -2.83. The first-order valence-electron chi connectivity index (χ1n) is 9.90. The van der Waals surface area contributed by atoms with Crippen LogP contribution >= 0.6 is 0 Å². The van der Waals surface area contributed by atoms with Gasteiger partial charge in [-0.25, -0.2) is 0 Å². The Bertz CT molecular complexity index is 860. The van der Waals surface area contributed by atoms with Crippen LogP contribution in [0.25, 0.3) is 10.9 Å². The SMILES string of the molecule is CCCC[C@H](NC(=O)c1ccc2cc[nH]c2c1)C(=O)N[C@H]1CCC[C@H]1C(=O)O. The van der Waals surface area contributed by atoms with Gasteiger partial charge in [-0.05, 0) is 42.8 Å². The van der Waals surface area contributed by atoms with E-state index in [1.165, 1.54) is 0 Å². The van der Waals surface area contributed by atoms with Gasteiger partial charge >= 0.3 is 5.97 Å². The molecule has 7 heteroatoms.